The van der Waals surface area contributed by atoms with E-state index in [1.807, 2.05) is 26.0 Å². The summed E-state index contributed by atoms with van der Waals surface area (Å²) in [4.78, 5) is 24.6. The van der Waals surface area contributed by atoms with Crippen LogP contribution in [0.4, 0.5) is 10.1 Å². The van der Waals surface area contributed by atoms with Gasteiger partial charge in [-0.3, -0.25) is 4.79 Å². The Kier molecular flexibility index (Phi) is 5.42. The molecule has 28 heavy (non-hydrogen) atoms. The zero-order chi connectivity index (χ0) is 20.6. The maximum atomic E-state index is 13.6. The molecule has 3 rings (SSSR count). The zero-order valence-corrected chi connectivity index (χ0v) is 16.7. The predicted octanol–water partition coefficient (Wildman–Crippen LogP) is 4.60. The van der Waals surface area contributed by atoms with E-state index in [1.165, 1.54) is 23.8 Å². The number of anilines is 1. The second-order valence-corrected chi connectivity index (χ2v) is 7.08. The molecule has 2 aromatic carbocycles. The van der Waals surface area contributed by atoms with E-state index in [-0.39, 0.29) is 17.2 Å². The van der Waals surface area contributed by atoms with Crippen LogP contribution >= 0.6 is 11.6 Å². The van der Waals surface area contributed by atoms with Crippen LogP contribution in [0.3, 0.4) is 0 Å². The van der Waals surface area contributed by atoms with E-state index in [2.05, 4.69) is 5.32 Å². The summed E-state index contributed by atoms with van der Waals surface area (Å²) in [5.74, 6) is -1.17. The first-order valence-electron chi connectivity index (χ1n) is 8.67. The molecule has 0 aliphatic heterocycles. The van der Waals surface area contributed by atoms with Crippen molar-refractivity contribution in [1.29, 1.82) is 0 Å². The second-order valence-electron chi connectivity index (χ2n) is 6.69. The van der Waals surface area contributed by atoms with Gasteiger partial charge in [0.25, 0.3) is 5.56 Å². The number of pyridine rings is 1. The molecule has 7 heteroatoms. The molecule has 0 unspecified atom stereocenters. The van der Waals surface area contributed by atoms with Gasteiger partial charge < -0.3 is 14.6 Å². The van der Waals surface area contributed by atoms with Crippen LogP contribution in [0.5, 0.6) is 0 Å². The highest BCUT2D eigenvalue weighted by atomic mass is 35.5. The molecule has 0 saturated heterocycles. The summed E-state index contributed by atoms with van der Waals surface area (Å²) < 4.78 is 19.7. The molecule has 0 bridgehead atoms. The number of rotatable bonds is 4. The van der Waals surface area contributed by atoms with Crippen molar-refractivity contribution in [3.05, 3.63) is 74.4 Å². The van der Waals surface area contributed by atoms with E-state index in [0.717, 1.165) is 22.6 Å². The average molecular weight is 403 g/mol. The van der Waals surface area contributed by atoms with Crippen molar-refractivity contribution in [2.75, 3.05) is 12.4 Å². The summed E-state index contributed by atoms with van der Waals surface area (Å²) in [5.41, 5.74) is 2.11. The maximum absolute atomic E-state index is 13.6. The molecule has 1 N–H and O–H groups in total. The molecule has 1 atom stereocenters. The molecule has 3 aromatic rings. The van der Waals surface area contributed by atoms with Gasteiger partial charge in [0.1, 0.15) is 11.0 Å². The van der Waals surface area contributed by atoms with Gasteiger partial charge in [-0.2, -0.15) is 0 Å². The minimum Gasteiger partial charge on any atom is -0.465 e. The number of nitrogens with one attached hydrogen (secondary N) is 1. The molecule has 5 nitrogen and oxygen atoms in total. The molecule has 1 aromatic heterocycles. The fourth-order valence-corrected chi connectivity index (χ4v) is 3.43. The molecule has 0 aliphatic rings. The normalized spacial score (nSPS) is 12.1. The van der Waals surface area contributed by atoms with Gasteiger partial charge in [-0.15, -0.1) is 0 Å². The van der Waals surface area contributed by atoms with Crippen LogP contribution in [0, 0.1) is 12.7 Å². The number of hydrogen-bond donors (Lipinski definition) is 1. The molecule has 146 valence electrons. The Morgan fingerprint density at radius 3 is 2.61 bits per heavy atom. The van der Waals surface area contributed by atoms with Crippen LogP contribution in [0.15, 0.2) is 41.2 Å². The summed E-state index contributed by atoms with van der Waals surface area (Å²) in [7, 11) is 2.86. The molecule has 0 saturated carbocycles. The maximum Gasteiger partial charge on any atom is 0.340 e. The van der Waals surface area contributed by atoms with Gasteiger partial charge in [0.2, 0.25) is 0 Å². The van der Waals surface area contributed by atoms with Gasteiger partial charge in [0.15, 0.2) is 0 Å². The Balaban J connectivity index is 2.12. The van der Waals surface area contributed by atoms with E-state index < -0.39 is 11.8 Å². The van der Waals surface area contributed by atoms with Crippen LogP contribution in [0.1, 0.15) is 34.5 Å². The van der Waals surface area contributed by atoms with E-state index in [4.69, 9.17) is 16.3 Å². The molecule has 0 spiro atoms. The van der Waals surface area contributed by atoms with Gasteiger partial charge in [0, 0.05) is 24.2 Å². The third-order valence-corrected chi connectivity index (χ3v) is 5.06. The number of hydrogen-bond acceptors (Lipinski definition) is 4. The number of benzene rings is 2. The number of ether oxygens (including phenoxy) is 1. The van der Waals surface area contributed by atoms with Gasteiger partial charge >= 0.3 is 5.97 Å². The number of methoxy groups -OCH3 is 1. The molecule has 1 heterocycles. The number of fused-ring (bicyclic) bond motifs is 1. The molecule has 0 amide bonds. The summed E-state index contributed by atoms with van der Waals surface area (Å²) in [5, 5.41) is 4.83. The Morgan fingerprint density at radius 2 is 1.93 bits per heavy atom. The monoisotopic (exact) mass is 402 g/mol. The number of carbonyl (C=O) groups is 1. The van der Waals surface area contributed by atoms with Crippen molar-refractivity contribution < 1.29 is 13.9 Å². The quantitative estimate of drug-likeness (QED) is 0.512. The van der Waals surface area contributed by atoms with Gasteiger partial charge in [-0.25, -0.2) is 9.18 Å². The molecular formula is C21H20ClFN2O3. The minimum atomic E-state index is -0.639. The lowest BCUT2D eigenvalue weighted by atomic mass is 9.97. The van der Waals surface area contributed by atoms with E-state index in [1.54, 1.807) is 13.1 Å². The summed E-state index contributed by atoms with van der Waals surface area (Å²) in [6, 6.07) is 9.11. The van der Waals surface area contributed by atoms with Crippen molar-refractivity contribution >= 4 is 34.0 Å². The van der Waals surface area contributed by atoms with Crippen LogP contribution in [0.2, 0.25) is 5.15 Å². The van der Waals surface area contributed by atoms with Gasteiger partial charge in [-0.1, -0.05) is 17.7 Å². The summed E-state index contributed by atoms with van der Waals surface area (Å²) >= 11 is 6.21. The lowest BCUT2D eigenvalue weighted by Gasteiger charge is -2.20. The Bertz CT molecular complexity index is 1140. The zero-order valence-electron chi connectivity index (χ0n) is 16.0. The molecule has 0 radical (unpaired) electrons. The summed E-state index contributed by atoms with van der Waals surface area (Å²) in [6.07, 6.45) is 0. The minimum absolute atomic E-state index is 0.0975. The van der Waals surface area contributed by atoms with Crippen molar-refractivity contribution in [2.24, 2.45) is 7.05 Å². The number of esters is 1. The Labute approximate surface area is 166 Å². The highest BCUT2D eigenvalue weighted by Gasteiger charge is 2.18. The molecule has 0 aliphatic carbocycles. The number of halogens is 2. The van der Waals surface area contributed by atoms with Crippen molar-refractivity contribution in [3.63, 3.8) is 0 Å². The Morgan fingerprint density at radius 1 is 1.21 bits per heavy atom. The lowest BCUT2D eigenvalue weighted by Crippen LogP contribution is -2.19. The topological polar surface area (TPSA) is 60.3 Å². The van der Waals surface area contributed by atoms with E-state index >= 15 is 0 Å². The van der Waals surface area contributed by atoms with Crippen molar-refractivity contribution in [2.45, 2.75) is 19.9 Å². The van der Waals surface area contributed by atoms with Crippen LogP contribution in [-0.4, -0.2) is 17.6 Å². The highest BCUT2D eigenvalue weighted by molar-refractivity contribution is 6.30. The number of carbonyl (C=O) groups excluding carboxylic acids is 1. The lowest BCUT2D eigenvalue weighted by molar-refractivity contribution is 0.0601. The van der Waals surface area contributed by atoms with Crippen LogP contribution < -0.4 is 10.9 Å². The SMILES string of the molecule is COC(=O)c1cc(F)ccc1N[C@H](C)c1cc(C)cc2c(=O)n(C)c(Cl)cc12. The number of aryl methyl sites for hydroxylation is 1. The third kappa shape index (κ3) is 3.60. The first kappa shape index (κ1) is 19.9. The highest BCUT2D eigenvalue weighted by Crippen LogP contribution is 2.30. The van der Waals surface area contributed by atoms with Crippen molar-refractivity contribution in [1.82, 2.24) is 4.57 Å². The Hall–Kier alpha value is -2.86. The third-order valence-electron chi connectivity index (χ3n) is 4.70. The number of nitrogens with zero attached hydrogens (tertiary/aromatic N) is 1. The average Bonchev–Trinajstić information content (AvgIpc) is 2.67. The first-order chi connectivity index (χ1) is 13.2. The largest absolute Gasteiger partial charge is 0.465 e. The predicted molar refractivity (Wildman–Crippen MR) is 109 cm³/mol. The first-order valence-corrected chi connectivity index (χ1v) is 9.05. The fourth-order valence-electron chi connectivity index (χ4n) is 3.25. The van der Waals surface area contributed by atoms with Crippen LogP contribution in [0.25, 0.3) is 10.8 Å². The van der Waals surface area contributed by atoms with Crippen LogP contribution in [-0.2, 0) is 11.8 Å². The number of aromatic nitrogens is 1. The second kappa shape index (κ2) is 7.64. The van der Waals surface area contributed by atoms with E-state index in [0.29, 0.717) is 16.2 Å². The van der Waals surface area contributed by atoms with E-state index in [9.17, 15) is 14.0 Å². The smallest absolute Gasteiger partial charge is 0.340 e. The fraction of sp³-hybridized carbons (Fsp3) is 0.238. The molecule has 0 fully saturated rings. The standard InChI is InChI=1S/C21H20ClFN2O3/c1-11-7-14(15-10-19(22)25(3)20(26)16(15)8-11)12(2)24-18-6-5-13(23)9-17(18)21(27)28-4/h5-10,12,24H,1-4H3/t12-/m1/s1. The van der Waals surface area contributed by atoms with Gasteiger partial charge in [-0.05, 0) is 60.7 Å². The van der Waals surface area contributed by atoms with Crippen molar-refractivity contribution in [3.8, 4) is 0 Å². The molecular weight excluding hydrogens is 383 g/mol. The van der Waals surface area contributed by atoms with Gasteiger partial charge in [0.05, 0.1) is 12.7 Å². The summed E-state index contributed by atoms with van der Waals surface area (Å²) in [6.45, 7) is 3.80.